The molecule has 0 radical (unpaired) electrons. The van der Waals surface area contributed by atoms with E-state index in [0.717, 1.165) is 39.5 Å². The van der Waals surface area contributed by atoms with Crippen LogP contribution in [0.25, 0.3) is 0 Å². The number of likely N-dealkylation sites (tertiary alicyclic amines) is 1. The maximum atomic E-state index is 5.40. The third kappa shape index (κ3) is 2.64. The minimum atomic E-state index is 0.390. The van der Waals surface area contributed by atoms with Crippen LogP contribution in [-0.4, -0.2) is 63.5 Å². The summed E-state index contributed by atoms with van der Waals surface area (Å²) in [7, 11) is 2.14. The van der Waals surface area contributed by atoms with E-state index in [-0.39, 0.29) is 0 Å². The summed E-state index contributed by atoms with van der Waals surface area (Å²) < 4.78 is 10.8. The molecule has 2 fully saturated rings. The molecule has 0 amide bonds. The fourth-order valence-corrected chi connectivity index (χ4v) is 1.85. The quantitative estimate of drug-likeness (QED) is 0.618. The van der Waals surface area contributed by atoms with Gasteiger partial charge in [-0.2, -0.15) is 0 Å². The van der Waals surface area contributed by atoms with E-state index < -0.39 is 0 Å². The molecule has 4 heteroatoms. The average molecular weight is 186 g/mol. The summed E-state index contributed by atoms with van der Waals surface area (Å²) in [6.45, 7) is 5.36. The van der Waals surface area contributed by atoms with Crippen LogP contribution in [0.4, 0.5) is 0 Å². The molecule has 0 aromatic rings. The van der Waals surface area contributed by atoms with Crippen LogP contribution in [0.3, 0.4) is 0 Å². The number of ether oxygens (including phenoxy) is 2. The predicted octanol–water partition coefficient (Wildman–Crippen LogP) is -0.695. The summed E-state index contributed by atoms with van der Waals surface area (Å²) in [5.41, 5.74) is 0. The molecule has 0 aliphatic carbocycles. The first-order valence-corrected chi connectivity index (χ1v) is 4.94. The third-order valence-corrected chi connectivity index (χ3v) is 2.55. The van der Waals surface area contributed by atoms with Gasteiger partial charge < -0.3 is 19.7 Å². The zero-order valence-corrected chi connectivity index (χ0v) is 8.16. The van der Waals surface area contributed by atoms with Crippen LogP contribution in [0, 0.1) is 0 Å². The van der Waals surface area contributed by atoms with Crippen molar-refractivity contribution in [3.05, 3.63) is 0 Å². The number of hydrogen-bond acceptors (Lipinski definition) is 4. The van der Waals surface area contributed by atoms with Gasteiger partial charge in [0.25, 0.3) is 0 Å². The van der Waals surface area contributed by atoms with E-state index in [4.69, 9.17) is 9.47 Å². The van der Waals surface area contributed by atoms with Crippen molar-refractivity contribution in [2.75, 3.05) is 46.6 Å². The van der Waals surface area contributed by atoms with E-state index in [1.54, 1.807) is 0 Å². The number of hydrogen-bond donors (Lipinski definition) is 1. The van der Waals surface area contributed by atoms with Crippen molar-refractivity contribution < 1.29 is 9.47 Å². The van der Waals surface area contributed by atoms with Gasteiger partial charge in [-0.15, -0.1) is 0 Å². The molecule has 0 saturated carbocycles. The second kappa shape index (κ2) is 4.37. The smallest absolute Gasteiger partial charge is 0.0701 e. The van der Waals surface area contributed by atoms with E-state index in [1.165, 1.54) is 0 Å². The summed E-state index contributed by atoms with van der Waals surface area (Å²) >= 11 is 0. The Balaban J connectivity index is 1.67. The topological polar surface area (TPSA) is 33.7 Å². The molecule has 2 heterocycles. The lowest BCUT2D eigenvalue weighted by Gasteiger charge is -2.38. The monoisotopic (exact) mass is 186 g/mol. The second-order valence-corrected chi connectivity index (χ2v) is 3.93. The van der Waals surface area contributed by atoms with Crippen LogP contribution in [0.5, 0.6) is 0 Å². The molecule has 4 nitrogen and oxygen atoms in total. The van der Waals surface area contributed by atoms with Gasteiger partial charge in [0, 0.05) is 19.1 Å². The number of rotatable bonds is 2. The fraction of sp³-hybridized carbons (Fsp3) is 1.00. The Labute approximate surface area is 79.2 Å². The van der Waals surface area contributed by atoms with E-state index in [2.05, 4.69) is 17.3 Å². The Hall–Kier alpha value is -0.160. The minimum Gasteiger partial charge on any atom is -0.377 e. The molecule has 0 aromatic carbocycles. The molecule has 76 valence electrons. The third-order valence-electron chi connectivity index (χ3n) is 2.55. The van der Waals surface area contributed by atoms with Crippen LogP contribution < -0.4 is 5.32 Å². The van der Waals surface area contributed by atoms with Gasteiger partial charge in [-0.1, -0.05) is 0 Å². The summed E-state index contributed by atoms with van der Waals surface area (Å²) in [4.78, 5) is 2.30. The van der Waals surface area contributed by atoms with Crippen LogP contribution in [0.15, 0.2) is 0 Å². The van der Waals surface area contributed by atoms with Crippen molar-refractivity contribution in [3.63, 3.8) is 0 Å². The highest BCUT2D eigenvalue weighted by atomic mass is 16.5. The summed E-state index contributed by atoms with van der Waals surface area (Å²) in [5, 5.41) is 3.53. The van der Waals surface area contributed by atoms with Crippen LogP contribution >= 0.6 is 0 Å². The Bertz CT molecular complexity index is 152. The molecule has 1 N–H and O–H groups in total. The normalized spacial score (nSPS) is 28.4. The summed E-state index contributed by atoms with van der Waals surface area (Å²) in [6.07, 6.45) is 0. The molecule has 0 spiro atoms. The number of nitrogens with zero attached hydrogens (tertiary/aromatic N) is 1. The number of nitrogens with one attached hydrogen (secondary N) is 1. The molecule has 0 aromatic heterocycles. The van der Waals surface area contributed by atoms with Gasteiger partial charge in [-0.05, 0) is 7.05 Å². The maximum absolute atomic E-state index is 5.40. The van der Waals surface area contributed by atoms with E-state index in [0.29, 0.717) is 12.1 Å². The van der Waals surface area contributed by atoms with E-state index >= 15 is 0 Å². The molecule has 13 heavy (non-hydrogen) atoms. The van der Waals surface area contributed by atoms with Gasteiger partial charge in [-0.25, -0.2) is 0 Å². The molecular formula is C9H18N2O2. The lowest BCUT2D eigenvalue weighted by Crippen LogP contribution is -2.59. The van der Waals surface area contributed by atoms with Crippen LogP contribution in [0.1, 0.15) is 0 Å². The lowest BCUT2D eigenvalue weighted by atomic mass is 10.1. The zero-order chi connectivity index (χ0) is 9.10. The van der Waals surface area contributed by atoms with Gasteiger partial charge in [-0.3, -0.25) is 0 Å². The second-order valence-electron chi connectivity index (χ2n) is 3.93. The van der Waals surface area contributed by atoms with Gasteiger partial charge in [0.1, 0.15) is 0 Å². The van der Waals surface area contributed by atoms with Crippen molar-refractivity contribution in [2.45, 2.75) is 12.1 Å². The van der Waals surface area contributed by atoms with Crippen molar-refractivity contribution in [3.8, 4) is 0 Å². The van der Waals surface area contributed by atoms with Crippen molar-refractivity contribution in [1.29, 1.82) is 0 Å². The van der Waals surface area contributed by atoms with Gasteiger partial charge in [0.15, 0.2) is 0 Å². The van der Waals surface area contributed by atoms with Gasteiger partial charge in [0.05, 0.1) is 32.5 Å². The molecular weight excluding hydrogens is 168 g/mol. The first-order chi connectivity index (χ1) is 6.34. The Morgan fingerprint density at radius 3 is 2.23 bits per heavy atom. The maximum Gasteiger partial charge on any atom is 0.0701 e. The van der Waals surface area contributed by atoms with Crippen molar-refractivity contribution in [2.24, 2.45) is 0 Å². The summed E-state index contributed by atoms with van der Waals surface area (Å²) in [6, 6.07) is 1.03. The molecule has 0 atom stereocenters. The van der Waals surface area contributed by atoms with Gasteiger partial charge >= 0.3 is 0 Å². The minimum absolute atomic E-state index is 0.390. The first kappa shape index (κ1) is 9.40. The summed E-state index contributed by atoms with van der Waals surface area (Å²) in [5.74, 6) is 0. The Morgan fingerprint density at radius 2 is 1.69 bits per heavy atom. The van der Waals surface area contributed by atoms with Crippen molar-refractivity contribution >= 4 is 0 Å². The fourth-order valence-electron chi connectivity index (χ4n) is 1.85. The van der Waals surface area contributed by atoms with E-state index in [9.17, 15) is 0 Å². The van der Waals surface area contributed by atoms with E-state index in [1.807, 2.05) is 0 Å². The molecule has 2 rings (SSSR count). The lowest BCUT2D eigenvalue weighted by molar-refractivity contribution is 0.103. The molecule has 0 unspecified atom stereocenters. The molecule has 2 aliphatic rings. The standard InChI is InChI=1S/C9H18N2O2/c1-11-4-8(5-11)10-9-6-12-2-3-13-7-9/h8-10H,2-7H2,1H3. The molecule has 0 bridgehead atoms. The highest BCUT2D eigenvalue weighted by molar-refractivity contribution is 4.86. The first-order valence-electron chi connectivity index (χ1n) is 4.94. The Kier molecular flexibility index (Phi) is 3.16. The van der Waals surface area contributed by atoms with Crippen LogP contribution in [-0.2, 0) is 9.47 Å². The molecule has 2 saturated heterocycles. The van der Waals surface area contributed by atoms with Gasteiger partial charge in [0.2, 0.25) is 0 Å². The van der Waals surface area contributed by atoms with Crippen LogP contribution in [0.2, 0.25) is 0 Å². The average Bonchev–Trinajstić information content (AvgIpc) is 2.30. The highest BCUT2D eigenvalue weighted by Gasteiger charge is 2.26. The van der Waals surface area contributed by atoms with Crippen molar-refractivity contribution in [1.82, 2.24) is 10.2 Å². The number of likely N-dealkylation sites (N-methyl/N-ethyl adjacent to an activating group) is 1. The Morgan fingerprint density at radius 1 is 1.08 bits per heavy atom. The zero-order valence-electron chi connectivity index (χ0n) is 8.16. The SMILES string of the molecule is CN1CC(NC2COCCOC2)C1. The largest absolute Gasteiger partial charge is 0.377 e. The highest BCUT2D eigenvalue weighted by Crippen LogP contribution is 2.06. The molecule has 2 aliphatic heterocycles. The predicted molar refractivity (Wildman–Crippen MR) is 49.8 cm³/mol.